The van der Waals surface area contributed by atoms with Gasteiger partial charge in [0.25, 0.3) is 23.4 Å². The van der Waals surface area contributed by atoms with Gasteiger partial charge in [-0.05, 0) is 48.9 Å². The maximum absolute atomic E-state index is 14.4. The first-order valence-corrected chi connectivity index (χ1v) is 14.1. The van der Waals surface area contributed by atoms with E-state index in [-0.39, 0.29) is 55.0 Å². The Hall–Kier alpha value is -2.50. The summed E-state index contributed by atoms with van der Waals surface area (Å²) < 4.78 is 28.3. The quantitative estimate of drug-likeness (QED) is 0.284. The smallest absolute Gasteiger partial charge is 0.291 e. The van der Waals surface area contributed by atoms with E-state index in [1.165, 1.54) is 4.90 Å². The van der Waals surface area contributed by atoms with Crippen LogP contribution in [0.1, 0.15) is 59.8 Å². The Morgan fingerprint density at radius 1 is 1.26 bits per heavy atom. The molecule has 3 N–H and O–H groups in total. The largest absolute Gasteiger partial charge is 0.356 e. The Labute approximate surface area is 231 Å². The van der Waals surface area contributed by atoms with Crippen LogP contribution in [0.2, 0.25) is 0 Å². The van der Waals surface area contributed by atoms with Gasteiger partial charge in [0.2, 0.25) is 11.8 Å². The highest BCUT2D eigenvalue weighted by atomic mass is 35.5. The van der Waals surface area contributed by atoms with Crippen LogP contribution in [0.3, 0.4) is 0 Å². The molecule has 5 amide bonds. The lowest BCUT2D eigenvalue weighted by Gasteiger charge is -2.36. The molecule has 39 heavy (non-hydrogen) atoms. The average Bonchev–Trinajstić information content (AvgIpc) is 3.68. The zero-order chi connectivity index (χ0) is 28.9. The summed E-state index contributed by atoms with van der Waals surface area (Å²) in [7, 11) is 0. The second-order valence-corrected chi connectivity index (χ2v) is 12.4. The Balaban J connectivity index is 1.55. The molecule has 10 nitrogen and oxygen atoms in total. The van der Waals surface area contributed by atoms with Crippen LogP contribution in [0.4, 0.5) is 8.78 Å². The summed E-state index contributed by atoms with van der Waals surface area (Å²) in [6.07, 6.45) is 1.85. The van der Waals surface area contributed by atoms with Crippen molar-refractivity contribution in [2.45, 2.75) is 83.2 Å². The van der Waals surface area contributed by atoms with Crippen molar-refractivity contribution >= 4 is 41.1 Å². The van der Waals surface area contributed by atoms with Gasteiger partial charge >= 0.3 is 0 Å². The molecule has 0 aromatic rings. The lowest BCUT2D eigenvalue weighted by Crippen LogP contribution is -2.61. The normalized spacial score (nSPS) is 30.2. The third-order valence-electron chi connectivity index (χ3n) is 9.12. The molecule has 0 aromatic heterocycles. The zero-order valence-corrected chi connectivity index (χ0v) is 23.5. The molecule has 0 spiro atoms. The summed E-state index contributed by atoms with van der Waals surface area (Å²) in [5, 5.41) is 6.00. The number of halogens is 3. The van der Waals surface area contributed by atoms with E-state index in [4.69, 9.17) is 11.6 Å². The van der Waals surface area contributed by atoms with Crippen LogP contribution in [0.25, 0.3) is 0 Å². The van der Waals surface area contributed by atoms with Crippen molar-refractivity contribution in [2.75, 3.05) is 19.6 Å². The number of amides is 5. The third-order valence-corrected chi connectivity index (χ3v) is 9.31. The second kappa shape index (κ2) is 10.8. The van der Waals surface area contributed by atoms with Gasteiger partial charge in [-0.15, -0.1) is 0 Å². The number of hydrogen-bond acceptors (Lipinski definition) is 5. The van der Waals surface area contributed by atoms with Gasteiger partial charge in [0.05, 0.1) is 12.5 Å². The molecule has 0 bridgehead atoms. The van der Waals surface area contributed by atoms with Crippen LogP contribution >= 0.6 is 11.6 Å². The number of nitrogens with zero attached hydrogens (tertiary/aromatic N) is 2. The minimum atomic E-state index is -2.44. The highest BCUT2D eigenvalue weighted by Gasteiger charge is 2.70. The van der Waals surface area contributed by atoms with E-state index in [0.717, 1.165) is 5.01 Å². The van der Waals surface area contributed by atoms with Crippen molar-refractivity contribution < 1.29 is 32.8 Å². The standard InChI is InChI=1S/C26H38ClF2N5O5/c1-5-13(2)17(31-24(39)26(29)8-9-26)22(37)33-12-15-16(25(15,3)4)18(33)21(36)32-34(23(38)19(27)28)11-14-7-6-10-30-20(14)35/h13-19H,5-12H2,1-4H3,(H,30,35)(H,31,39)(H,32,36)/t13?,14-,15+,16+,17?,18+,19?/m1/s1. The number of carbonyl (C=O) groups excluding carboxylic acids is 5. The van der Waals surface area contributed by atoms with Crippen LogP contribution < -0.4 is 16.1 Å². The van der Waals surface area contributed by atoms with Gasteiger partial charge in [-0.25, -0.2) is 13.8 Å². The topological polar surface area (TPSA) is 128 Å². The van der Waals surface area contributed by atoms with Gasteiger partial charge in [0.1, 0.15) is 12.1 Å². The molecule has 2 saturated heterocycles. The summed E-state index contributed by atoms with van der Waals surface area (Å²) in [4.78, 5) is 66.2. The van der Waals surface area contributed by atoms with E-state index in [9.17, 15) is 32.8 Å². The van der Waals surface area contributed by atoms with Gasteiger partial charge in [-0.3, -0.25) is 29.4 Å². The predicted molar refractivity (Wildman–Crippen MR) is 137 cm³/mol. The van der Waals surface area contributed by atoms with Crippen molar-refractivity contribution in [1.29, 1.82) is 0 Å². The summed E-state index contributed by atoms with van der Waals surface area (Å²) in [6.45, 7) is 8.04. The van der Waals surface area contributed by atoms with Gasteiger partial charge in [0, 0.05) is 13.1 Å². The van der Waals surface area contributed by atoms with Gasteiger partial charge in [-0.1, -0.05) is 45.7 Å². The van der Waals surface area contributed by atoms with E-state index in [1.54, 1.807) is 6.92 Å². The first-order chi connectivity index (χ1) is 18.2. The molecule has 2 aliphatic heterocycles. The van der Waals surface area contributed by atoms with E-state index in [2.05, 4.69) is 16.1 Å². The number of likely N-dealkylation sites (tertiary alicyclic amines) is 1. The average molecular weight is 574 g/mol. The number of carbonyl (C=O) groups is 5. The first-order valence-electron chi connectivity index (χ1n) is 13.7. The van der Waals surface area contributed by atoms with Crippen LogP contribution in [0, 0.1) is 29.1 Å². The SMILES string of the molecule is CCC(C)C(NC(=O)C1(F)CC1)C(=O)N1C[C@H]2[C@@H]([C@H]1C(=O)NN(C[C@H]1CCCNC1=O)C(=O)C(F)Cl)C2(C)C. The summed E-state index contributed by atoms with van der Waals surface area (Å²) in [5.41, 5.74) is -2.23. The Bertz CT molecular complexity index is 1040. The monoisotopic (exact) mass is 573 g/mol. The maximum Gasteiger partial charge on any atom is 0.291 e. The van der Waals surface area contributed by atoms with Crippen molar-refractivity contribution in [2.24, 2.45) is 29.1 Å². The minimum Gasteiger partial charge on any atom is -0.356 e. The minimum absolute atomic E-state index is 0.00309. The molecular weight excluding hydrogens is 536 g/mol. The van der Waals surface area contributed by atoms with Gasteiger partial charge in [-0.2, -0.15) is 0 Å². The summed E-state index contributed by atoms with van der Waals surface area (Å²) in [5.74, 6) is -4.80. The number of alkyl halides is 3. The Kier molecular flexibility index (Phi) is 8.18. The molecule has 4 aliphatic rings. The Morgan fingerprint density at radius 2 is 1.92 bits per heavy atom. The Morgan fingerprint density at radius 3 is 2.49 bits per heavy atom. The van der Waals surface area contributed by atoms with Crippen molar-refractivity contribution in [3.05, 3.63) is 0 Å². The third kappa shape index (κ3) is 5.71. The van der Waals surface area contributed by atoms with Crippen molar-refractivity contribution in [3.63, 3.8) is 0 Å². The molecule has 2 aliphatic carbocycles. The molecule has 7 atom stereocenters. The summed E-state index contributed by atoms with van der Waals surface area (Å²) >= 11 is 5.42. The molecule has 218 valence electrons. The lowest BCUT2D eigenvalue weighted by molar-refractivity contribution is -0.151. The van der Waals surface area contributed by atoms with E-state index in [0.29, 0.717) is 25.8 Å². The molecule has 0 aromatic carbocycles. The van der Waals surface area contributed by atoms with E-state index >= 15 is 0 Å². The molecule has 2 saturated carbocycles. The number of nitrogens with one attached hydrogen (secondary N) is 3. The van der Waals surface area contributed by atoms with E-state index < -0.39 is 52.9 Å². The van der Waals surface area contributed by atoms with Crippen LogP contribution in [-0.4, -0.2) is 82.5 Å². The van der Waals surface area contributed by atoms with E-state index in [1.807, 2.05) is 20.8 Å². The molecule has 3 unspecified atom stereocenters. The fraction of sp³-hybridized carbons (Fsp3) is 0.808. The lowest BCUT2D eigenvalue weighted by atomic mass is 9.95. The fourth-order valence-corrected chi connectivity index (χ4v) is 6.14. The second-order valence-electron chi connectivity index (χ2n) is 12.0. The van der Waals surface area contributed by atoms with Gasteiger partial charge in [0.15, 0.2) is 5.67 Å². The first kappa shape index (κ1) is 29.5. The fourth-order valence-electron chi connectivity index (χ4n) is 6.02. The maximum atomic E-state index is 14.4. The highest BCUT2D eigenvalue weighted by molar-refractivity contribution is 6.29. The van der Waals surface area contributed by atoms with Crippen molar-refractivity contribution in [1.82, 2.24) is 26.0 Å². The van der Waals surface area contributed by atoms with Gasteiger partial charge < -0.3 is 15.5 Å². The van der Waals surface area contributed by atoms with Crippen LogP contribution in [0.15, 0.2) is 0 Å². The zero-order valence-electron chi connectivity index (χ0n) is 22.8. The van der Waals surface area contributed by atoms with Crippen LogP contribution in [-0.2, 0) is 24.0 Å². The molecule has 2 heterocycles. The molecular formula is C26H38ClF2N5O5. The molecule has 4 rings (SSSR count). The molecule has 13 heteroatoms. The summed E-state index contributed by atoms with van der Waals surface area (Å²) in [6, 6.07) is -2.04. The van der Waals surface area contributed by atoms with Crippen LogP contribution in [0.5, 0.6) is 0 Å². The predicted octanol–water partition coefficient (Wildman–Crippen LogP) is 1.42. The number of hydrazine groups is 1. The van der Waals surface area contributed by atoms with Crippen molar-refractivity contribution in [3.8, 4) is 0 Å². The molecule has 0 radical (unpaired) electrons. The number of fused-ring (bicyclic) bond motifs is 1. The highest BCUT2D eigenvalue weighted by Crippen LogP contribution is 2.65. The number of rotatable bonds is 9. The number of piperidine rings is 2. The number of hydrogen-bond donors (Lipinski definition) is 3. The molecule has 4 fully saturated rings.